The monoisotopic (exact) mass is 164 g/mol. The summed E-state index contributed by atoms with van der Waals surface area (Å²) in [4.78, 5) is 0. The van der Waals surface area contributed by atoms with Crippen molar-refractivity contribution in [3.8, 4) is 0 Å². The average molecular weight is 164 g/mol. The first kappa shape index (κ1) is 9.57. The molecule has 0 N–H and O–H groups in total. The normalized spacial score (nSPS) is 29.8. The van der Waals surface area contributed by atoms with Gasteiger partial charge in [0.25, 0.3) is 0 Å². The summed E-state index contributed by atoms with van der Waals surface area (Å²) in [5.41, 5.74) is 3.16. The van der Waals surface area contributed by atoms with Crippen LogP contribution in [0, 0.1) is 0 Å². The molecule has 0 aromatic rings. The van der Waals surface area contributed by atoms with Crippen LogP contribution in [0.4, 0.5) is 0 Å². The van der Waals surface area contributed by atoms with Crippen LogP contribution < -0.4 is 0 Å². The molecule has 0 atom stereocenters. The van der Waals surface area contributed by atoms with Crippen molar-refractivity contribution in [1.82, 2.24) is 0 Å². The second-order valence-corrected chi connectivity index (χ2v) is 3.89. The maximum absolute atomic E-state index is 2.41. The summed E-state index contributed by atoms with van der Waals surface area (Å²) in [7, 11) is 0. The quantitative estimate of drug-likeness (QED) is 0.470. The summed E-state index contributed by atoms with van der Waals surface area (Å²) < 4.78 is 0. The molecule has 0 amide bonds. The number of allylic oxidation sites excluding steroid dienone is 4. The molecular weight excluding hydrogens is 144 g/mol. The Labute approximate surface area is 76.4 Å². The van der Waals surface area contributed by atoms with Gasteiger partial charge in [-0.05, 0) is 52.4 Å². The number of rotatable bonds is 0. The molecule has 0 heteroatoms. The van der Waals surface area contributed by atoms with Crippen LogP contribution in [0.3, 0.4) is 0 Å². The molecule has 0 bridgehead atoms. The summed E-state index contributed by atoms with van der Waals surface area (Å²) in [6, 6.07) is 0. The van der Waals surface area contributed by atoms with Gasteiger partial charge in [0.1, 0.15) is 0 Å². The second-order valence-electron chi connectivity index (χ2n) is 3.89. The lowest BCUT2D eigenvalue weighted by molar-refractivity contribution is 0.728. The Hall–Kier alpha value is -0.520. The molecule has 0 fully saturated rings. The van der Waals surface area contributed by atoms with Gasteiger partial charge in [0.2, 0.25) is 0 Å². The first-order chi connectivity index (χ1) is 5.79. The van der Waals surface area contributed by atoms with Gasteiger partial charge >= 0.3 is 0 Å². The molecule has 1 aliphatic carbocycles. The lowest BCUT2D eigenvalue weighted by Crippen LogP contribution is -1.85. The van der Waals surface area contributed by atoms with E-state index >= 15 is 0 Å². The van der Waals surface area contributed by atoms with Gasteiger partial charge in [0.05, 0.1) is 0 Å². The molecule has 0 saturated carbocycles. The van der Waals surface area contributed by atoms with Crippen molar-refractivity contribution in [2.75, 3.05) is 0 Å². The Balaban J connectivity index is 2.46. The molecule has 0 radical (unpaired) electrons. The molecule has 0 aromatic carbocycles. The van der Waals surface area contributed by atoms with E-state index in [2.05, 4.69) is 26.0 Å². The Bertz CT molecular complexity index is 184. The molecular formula is C12H20. The first-order valence-corrected chi connectivity index (χ1v) is 5.10. The van der Waals surface area contributed by atoms with E-state index in [1.54, 1.807) is 11.1 Å². The second kappa shape index (κ2) is 5.18. The van der Waals surface area contributed by atoms with E-state index in [4.69, 9.17) is 0 Å². The fraction of sp³-hybridized carbons (Fsp3) is 0.667. The van der Waals surface area contributed by atoms with E-state index in [1.165, 1.54) is 38.5 Å². The van der Waals surface area contributed by atoms with Crippen LogP contribution in [-0.4, -0.2) is 0 Å². The summed E-state index contributed by atoms with van der Waals surface area (Å²) in [6.07, 6.45) is 12.7. The minimum atomic E-state index is 1.24. The maximum atomic E-state index is 2.41. The topological polar surface area (TPSA) is 0 Å². The van der Waals surface area contributed by atoms with Gasteiger partial charge in [-0.2, -0.15) is 0 Å². The van der Waals surface area contributed by atoms with Crippen LogP contribution in [0.25, 0.3) is 0 Å². The minimum Gasteiger partial charge on any atom is -0.0856 e. The summed E-state index contributed by atoms with van der Waals surface area (Å²) in [6.45, 7) is 4.52. The summed E-state index contributed by atoms with van der Waals surface area (Å²) >= 11 is 0. The van der Waals surface area contributed by atoms with E-state index in [0.29, 0.717) is 0 Å². The van der Waals surface area contributed by atoms with Crippen molar-refractivity contribution in [2.45, 2.75) is 52.4 Å². The highest BCUT2D eigenvalue weighted by atomic mass is 14.0. The van der Waals surface area contributed by atoms with Crippen molar-refractivity contribution >= 4 is 0 Å². The molecule has 0 unspecified atom stereocenters. The lowest BCUT2D eigenvalue weighted by Gasteiger charge is -2.05. The molecule has 1 aliphatic rings. The molecule has 0 heterocycles. The van der Waals surface area contributed by atoms with Crippen molar-refractivity contribution < 1.29 is 0 Å². The predicted molar refractivity (Wildman–Crippen MR) is 55.2 cm³/mol. The molecule has 1 rings (SSSR count). The fourth-order valence-electron chi connectivity index (χ4n) is 1.65. The summed E-state index contributed by atoms with van der Waals surface area (Å²) in [5.74, 6) is 0. The largest absolute Gasteiger partial charge is 0.0856 e. The van der Waals surface area contributed by atoms with Gasteiger partial charge in [0, 0.05) is 0 Å². The van der Waals surface area contributed by atoms with Crippen LogP contribution in [0.1, 0.15) is 52.4 Å². The highest BCUT2D eigenvalue weighted by Crippen LogP contribution is 2.15. The maximum Gasteiger partial charge on any atom is -0.0288 e. The highest BCUT2D eigenvalue weighted by molar-refractivity contribution is 5.04. The molecule has 0 saturated heterocycles. The minimum absolute atomic E-state index is 1.24. The fourth-order valence-corrected chi connectivity index (χ4v) is 1.65. The first-order valence-electron chi connectivity index (χ1n) is 5.10. The van der Waals surface area contributed by atoms with Crippen LogP contribution in [0.15, 0.2) is 23.3 Å². The Morgan fingerprint density at radius 2 is 1.50 bits per heavy atom. The predicted octanol–water partition coefficient (Wildman–Crippen LogP) is 4.23. The third-order valence-electron chi connectivity index (χ3n) is 2.55. The summed E-state index contributed by atoms with van der Waals surface area (Å²) in [5, 5.41) is 0. The SMILES string of the molecule is C/C1=C/CCCC/C(C)=C\CC1. The number of hydrogen-bond donors (Lipinski definition) is 0. The molecule has 0 aromatic heterocycles. The standard InChI is InChI=1S/C12H20/c1-11-7-4-3-5-8-12(2)10-6-9-11/h7,10H,3-6,8-9H2,1-2H3/b11-7-,12-10-. The van der Waals surface area contributed by atoms with Gasteiger partial charge in [-0.1, -0.05) is 23.3 Å². The third kappa shape index (κ3) is 3.75. The van der Waals surface area contributed by atoms with Gasteiger partial charge in [-0.3, -0.25) is 0 Å². The van der Waals surface area contributed by atoms with Gasteiger partial charge in [0.15, 0.2) is 0 Å². The van der Waals surface area contributed by atoms with Crippen LogP contribution in [0.2, 0.25) is 0 Å². The van der Waals surface area contributed by atoms with Gasteiger partial charge < -0.3 is 0 Å². The molecule has 0 nitrogen and oxygen atoms in total. The van der Waals surface area contributed by atoms with Crippen molar-refractivity contribution in [3.63, 3.8) is 0 Å². The van der Waals surface area contributed by atoms with E-state index in [9.17, 15) is 0 Å². The van der Waals surface area contributed by atoms with Gasteiger partial charge in [-0.15, -0.1) is 0 Å². The third-order valence-corrected chi connectivity index (χ3v) is 2.55. The lowest BCUT2D eigenvalue weighted by atomic mass is 10.0. The van der Waals surface area contributed by atoms with Crippen LogP contribution >= 0.6 is 0 Å². The average Bonchev–Trinajstić information content (AvgIpc) is 2.04. The van der Waals surface area contributed by atoms with Gasteiger partial charge in [-0.25, -0.2) is 0 Å². The zero-order chi connectivity index (χ0) is 8.81. The molecule has 12 heavy (non-hydrogen) atoms. The van der Waals surface area contributed by atoms with E-state index in [0.717, 1.165) is 0 Å². The molecule has 0 spiro atoms. The van der Waals surface area contributed by atoms with Crippen LogP contribution in [0.5, 0.6) is 0 Å². The van der Waals surface area contributed by atoms with Crippen molar-refractivity contribution in [1.29, 1.82) is 0 Å². The van der Waals surface area contributed by atoms with E-state index in [-0.39, 0.29) is 0 Å². The Kier molecular flexibility index (Phi) is 4.13. The highest BCUT2D eigenvalue weighted by Gasteiger charge is 1.95. The molecule has 68 valence electrons. The van der Waals surface area contributed by atoms with Crippen molar-refractivity contribution in [2.24, 2.45) is 0 Å². The van der Waals surface area contributed by atoms with Crippen molar-refractivity contribution in [3.05, 3.63) is 23.3 Å². The van der Waals surface area contributed by atoms with Crippen LogP contribution in [-0.2, 0) is 0 Å². The zero-order valence-electron chi connectivity index (χ0n) is 8.40. The molecule has 0 aliphatic heterocycles. The number of hydrogen-bond acceptors (Lipinski definition) is 0. The Morgan fingerprint density at radius 3 is 2.33 bits per heavy atom. The zero-order valence-corrected chi connectivity index (χ0v) is 8.40. The Morgan fingerprint density at radius 1 is 0.833 bits per heavy atom. The van der Waals surface area contributed by atoms with E-state index < -0.39 is 0 Å². The smallest absolute Gasteiger partial charge is 0.0288 e. The van der Waals surface area contributed by atoms with E-state index in [1.807, 2.05) is 0 Å².